The Morgan fingerprint density at radius 1 is 1.35 bits per heavy atom. The molecule has 5 nitrogen and oxygen atoms in total. The van der Waals surface area contributed by atoms with Gasteiger partial charge in [-0.05, 0) is 60.8 Å². The Morgan fingerprint density at radius 2 is 1.94 bits per heavy atom. The monoisotopic (exact) mass is 245 g/mol. The molecule has 1 amide bonds. The Morgan fingerprint density at radius 3 is 2.35 bits per heavy atom. The van der Waals surface area contributed by atoms with E-state index in [-0.39, 0.29) is 12.1 Å². The van der Waals surface area contributed by atoms with E-state index in [1.165, 1.54) is 0 Å². The highest BCUT2D eigenvalue weighted by atomic mass is 16.6. The summed E-state index contributed by atoms with van der Waals surface area (Å²) in [7, 11) is 4.01. The lowest BCUT2D eigenvalue weighted by Gasteiger charge is -2.24. The molecule has 102 valence electrons. The zero-order valence-corrected chi connectivity index (χ0v) is 11.7. The summed E-state index contributed by atoms with van der Waals surface area (Å²) in [6.45, 7) is 7.04. The van der Waals surface area contributed by atoms with Crippen LogP contribution >= 0.6 is 0 Å². The van der Waals surface area contributed by atoms with Crippen LogP contribution in [0.5, 0.6) is 0 Å². The predicted octanol–water partition coefficient (Wildman–Crippen LogP) is 1.18. The van der Waals surface area contributed by atoms with Crippen LogP contribution in [0.15, 0.2) is 0 Å². The second kappa shape index (κ2) is 7.50. The molecule has 1 atom stereocenters. The maximum absolute atomic E-state index is 11.6. The lowest BCUT2D eigenvalue weighted by Crippen LogP contribution is -2.41. The largest absolute Gasteiger partial charge is 0.444 e. The van der Waals surface area contributed by atoms with Crippen molar-refractivity contribution in [3.05, 3.63) is 0 Å². The summed E-state index contributed by atoms with van der Waals surface area (Å²) in [5.41, 5.74) is 5.07. The van der Waals surface area contributed by atoms with E-state index >= 15 is 0 Å². The Hall–Kier alpha value is -0.810. The zero-order valence-electron chi connectivity index (χ0n) is 11.7. The number of carbonyl (C=O) groups excluding carboxylic acids is 1. The molecule has 0 heterocycles. The van der Waals surface area contributed by atoms with E-state index in [1.807, 2.05) is 34.9 Å². The first kappa shape index (κ1) is 16.2. The zero-order chi connectivity index (χ0) is 13.5. The lowest BCUT2D eigenvalue weighted by atomic mass is 10.1. The summed E-state index contributed by atoms with van der Waals surface area (Å²) in [6, 6.07) is 0.0808. The van der Waals surface area contributed by atoms with Crippen LogP contribution in [0.1, 0.15) is 33.6 Å². The average molecular weight is 245 g/mol. The minimum Gasteiger partial charge on any atom is -0.444 e. The topological polar surface area (TPSA) is 67.6 Å². The Kier molecular flexibility index (Phi) is 7.15. The molecule has 0 radical (unpaired) electrons. The molecule has 0 fully saturated rings. The van der Waals surface area contributed by atoms with E-state index in [0.29, 0.717) is 6.54 Å². The van der Waals surface area contributed by atoms with Crippen molar-refractivity contribution in [2.75, 3.05) is 27.2 Å². The van der Waals surface area contributed by atoms with Crippen LogP contribution in [0.3, 0.4) is 0 Å². The Bertz CT molecular complexity index is 224. The summed E-state index contributed by atoms with van der Waals surface area (Å²) in [6.07, 6.45) is 1.28. The van der Waals surface area contributed by atoms with Gasteiger partial charge in [0.2, 0.25) is 0 Å². The fourth-order valence-corrected chi connectivity index (χ4v) is 1.38. The molecule has 0 aromatic carbocycles. The second-order valence-corrected chi connectivity index (χ2v) is 5.51. The van der Waals surface area contributed by atoms with Gasteiger partial charge < -0.3 is 20.7 Å². The van der Waals surface area contributed by atoms with Crippen molar-refractivity contribution in [3.63, 3.8) is 0 Å². The number of hydrogen-bond acceptors (Lipinski definition) is 4. The van der Waals surface area contributed by atoms with E-state index in [9.17, 15) is 4.79 Å². The van der Waals surface area contributed by atoms with E-state index in [0.717, 1.165) is 19.4 Å². The highest BCUT2D eigenvalue weighted by molar-refractivity contribution is 5.68. The molecule has 0 saturated heterocycles. The molecule has 0 aromatic rings. The molecular weight excluding hydrogens is 218 g/mol. The number of alkyl carbamates (subject to hydrolysis) is 1. The molecule has 1 unspecified atom stereocenters. The summed E-state index contributed by atoms with van der Waals surface area (Å²) in [5, 5.41) is 2.86. The van der Waals surface area contributed by atoms with Gasteiger partial charge in [-0.1, -0.05) is 0 Å². The number of carbonyl (C=O) groups is 1. The van der Waals surface area contributed by atoms with Gasteiger partial charge in [0.25, 0.3) is 0 Å². The van der Waals surface area contributed by atoms with Crippen LogP contribution in [0, 0.1) is 0 Å². The Labute approximate surface area is 105 Å². The van der Waals surface area contributed by atoms with Crippen LogP contribution in [-0.2, 0) is 4.74 Å². The molecule has 0 saturated carbocycles. The predicted molar refractivity (Wildman–Crippen MR) is 70.0 cm³/mol. The molecular formula is C12H27N3O2. The summed E-state index contributed by atoms with van der Waals surface area (Å²) in [5.74, 6) is 0. The molecule has 3 N–H and O–H groups in total. The van der Waals surface area contributed by atoms with Gasteiger partial charge in [-0.2, -0.15) is 0 Å². The second-order valence-electron chi connectivity index (χ2n) is 5.51. The van der Waals surface area contributed by atoms with Gasteiger partial charge in [0.15, 0.2) is 0 Å². The van der Waals surface area contributed by atoms with Crippen molar-refractivity contribution in [1.29, 1.82) is 0 Å². The van der Waals surface area contributed by atoms with Crippen molar-refractivity contribution < 1.29 is 9.53 Å². The maximum Gasteiger partial charge on any atom is 0.407 e. The van der Waals surface area contributed by atoms with Gasteiger partial charge >= 0.3 is 6.09 Å². The first-order chi connectivity index (χ1) is 7.74. The van der Waals surface area contributed by atoms with Gasteiger partial charge in [0.1, 0.15) is 5.60 Å². The minimum atomic E-state index is -0.459. The highest BCUT2D eigenvalue weighted by Crippen LogP contribution is 2.08. The van der Waals surface area contributed by atoms with Crippen molar-refractivity contribution in [2.45, 2.75) is 45.3 Å². The summed E-state index contributed by atoms with van der Waals surface area (Å²) < 4.78 is 5.22. The molecule has 0 aliphatic heterocycles. The van der Waals surface area contributed by atoms with Crippen molar-refractivity contribution >= 4 is 6.09 Å². The third-order valence-electron chi connectivity index (χ3n) is 2.16. The van der Waals surface area contributed by atoms with Crippen LogP contribution in [0.25, 0.3) is 0 Å². The van der Waals surface area contributed by atoms with Crippen molar-refractivity contribution in [2.24, 2.45) is 5.73 Å². The highest BCUT2D eigenvalue weighted by Gasteiger charge is 2.19. The van der Waals surface area contributed by atoms with Gasteiger partial charge in [-0.15, -0.1) is 0 Å². The molecule has 0 aliphatic rings. The van der Waals surface area contributed by atoms with E-state index in [2.05, 4.69) is 10.2 Å². The fraction of sp³-hybridized carbons (Fsp3) is 0.917. The molecule has 0 spiro atoms. The quantitative estimate of drug-likeness (QED) is 0.737. The molecule has 17 heavy (non-hydrogen) atoms. The number of rotatable bonds is 6. The van der Waals surface area contributed by atoms with Gasteiger partial charge in [0, 0.05) is 6.04 Å². The van der Waals surface area contributed by atoms with Gasteiger partial charge in [-0.25, -0.2) is 4.79 Å². The van der Waals surface area contributed by atoms with Crippen LogP contribution in [0.2, 0.25) is 0 Å². The Balaban J connectivity index is 4.10. The SMILES string of the molecule is CN(C)CCC(CCN)NC(=O)OC(C)(C)C. The molecule has 0 rings (SSSR count). The lowest BCUT2D eigenvalue weighted by molar-refractivity contribution is 0.0498. The first-order valence-corrected chi connectivity index (χ1v) is 6.09. The normalized spacial score (nSPS) is 13.6. The standard InChI is InChI=1S/C12H27N3O2/c1-12(2,3)17-11(16)14-10(6-8-13)7-9-15(4)5/h10H,6-9,13H2,1-5H3,(H,14,16). The molecule has 0 aromatic heterocycles. The number of amides is 1. The number of nitrogens with one attached hydrogen (secondary N) is 1. The smallest absolute Gasteiger partial charge is 0.407 e. The van der Waals surface area contributed by atoms with E-state index < -0.39 is 5.60 Å². The molecule has 0 bridgehead atoms. The van der Waals surface area contributed by atoms with Crippen LogP contribution in [0.4, 0.5) is 4.79 Å². The number of hydrogen-bond donors (Lipinski definition) is 2. The molecule has 0 aliphatic carbocycles. The number of nitrogens with zero attached hydrogens (tertiary/aromatic N) is 1. The van der Waals surface area contributed by atoms with Crippen LogP contribution < -0.4 is 11.1 Å². The number of nitrogens with two attached hydrogens (primary N) is 1. The number of ether oxygens (including phenoxy) is 1. The van der Waals surface area contributed by atoms with E-state index in [4.69, 9.17) is 10.5 Å². The van der Waals surface area contributed by atoms with Crippen LogP contribution in [-0.4, -0.2) is 49.8 Å². The van der Waals surface area contributed by atoms with E-state index in [1.54, 1.807) is 0 Å². The van der Waals surface area contributed by atoms with Gasteiger partial charge in [0.05, 0.1) is 0 Å². The first-order valence-electron chi connectivity index (χ1n) is 6.09. The minimum absolute atomic E-state index is 0.0808. The average Bonchev–Trinajstić information content (AvgIpc) is 2.11. The van der Waals surface area contributed by atoms with Gasteiger partial charge in [-0.3, -0.25) is 0 Å². The van der Waals surface area contributed by atoms with Crippen molar-refractivity contribution in [3.8, 4) is 0 Å². The summed E-state index contributed by atoms with van der Waals surface area (Å²) >= 11 is 0. The third kappa shape index (κ3) is 10.1. The van der Waals surface area contributed by atoms with Crippen molar-refractivity contribution in [1.82, 2.24) is 10.2 Å². The summed E-state index contributed by atoms with van der Waals surface area (Å²) in [4.78, 5) is 13.7. The molecule has 5 heteroatoms. The fourth-order valence-electron chi connectivity index (χ4n) is 1.38. The maximum atomic E-state index is 11.6. The third-order valence-corrected chi connectivity index (χ3v) is 2.16.